The number of nitrogens with one attached hydrogen (secondary N) is 2. The van der Waals surface area contributed by atoms with Crippen LogP contribution in [0.1, 0.15) is 51.4 Å². The molecule has 0 spiro atoms. The summed E-state index contributed by atoms with van der Waals surface area (Å²) in [6.07, 6.45) is 8.29. The average Bonchev–Trinajstić information content (AvgIpc) is 3.39. The molecule has 0 aliphatic carbocycles. The van der Waals surface area contributed by atoms with E-state index < -0.39 is 6.23 Å². The van der Waals surface area contributed by atoms with Crippen LogP contribution in [0.4, 0.5) is 0 Å². The molecule has 2 aliphatic heterocycles. The first-order valence-corrected chi connectivity index (χ1v) is 13.2. The fourth-order valence-corrected chi connectivity index (χ4v) is 3.83. The summed E-state index contributed by atoms with van der Waals surface area (Å²) >= 11 is 0. The zero-order valence-corrected chi connectivity index (χ0v) is 22.1. The standard InChI is InChI=1S/C26H38N4O9/c31-20(7-3-1-5-14-29-23(34)9-10-24(29)35)27-13-16-38-17-18-39-19-22(33)28-21(32)8-4-2-6-15-30-25(36)11-12-26(30)37/h9-12,22,33H,1-8,13-19H2,(H,27,31)(H,28,32). The van der Waals surface area contributed by atoms with E-state index in [0.29, 0.717) is 64.8 Å². The molecule has 0 fully saturated rings. The Labute approximate surface area is 227 Å². The van der Waals surface area contributed by atoms with Gasteiger partial charge >= 0.3 is 0 Å². The molecule has 3 N–H and O–H groups in total. The maximum Gasteiger partial charge on any atom is 0.253 e. The lowest BCUT2D eigenvalue weighted by Crippen LogP contribution is -2.38. The van der Waals surface area contributed by atoms with Crippen molar-refractivity contribution < 1.29 is 43.3 Å². The molecule has 0 bridgehead atoms. The Kier molecular flexibility index (Phi) is 14.7. The maximum atomic E-state index is 11.9. The monoisotopic (exact) mass is 550 g/mol. The van der Waals surface area contributed by atoms with Gasteiger partial charge in [-0.1, -0.05) is 12.8 Å². The first kappa shape index (κ1) is 31.8. The van der Waals surface area contributed by atoms with Gasteiger partial charge in [-0.25, -0.2) is 0 Å². The van der Waals surface area contributed by atoms with Gasteiger partial charge < -0.3 is 25.2 Å². The van der Waals surface area contributed by atoms with Crippen LogP contribution in [0.3, 0.4) is 0 Å². The highest BCUT2D eigenvalue weighted by atomic mass is 16.5. The van der Waals surface area contributed by atoms with Gasteiger partial charge in [0.05, 0.1) is 26.4 Å². The molecule has 216 valence electrons. The highest BCUT2D eigenvalue weighted by molar-refractivity contribution is 6.13. The fraction of sp³-hybridized carbons (Fsp3) is 0.615. The van der Waals surface area contributed by atoms with Crippen molar-refractivity contribution in [1.29, 1.82) is 0 Å². The first-order chi connectivity index (χ1) is 18.8. The van der Waals surface area contributed by atoms with Crippen LogP contribution in [0.15, 0.2) is 24.3 Å². The minimum absolute atomic E-state index is 0.0887. The smallest absolute Gasteiger partial charge is 0.253 e. The Balaban J connectivity index is 1.33. The highest BCUT2D eigenvalue weighted by Crippen LogP contribution is 2.09. The van der Waals surface area contributed by atoms with E-state index in [0.717, 1.165) is 11.3 Å². The first-order valence-electron chi connectivity index (χ1n) is 13.2. The lowest BCUT2D eigenvalue weighted by Gasteiger charge is -2.14. The molecule has 6 amide bonds. The molecule has 0 aromatic rings. The van der Waals surface area contributed by atoms with E-state index in [1.54, 1.807) is 0 Å². The summed E-state index contributed by atoms with van der Waals surface area (Å²) in [4.78, 5) is 71.8. The summed E-state index contributed by atoms with van der Waals surface area (Å²) in [7, 11) is 0. The number of nitrogens with zero attached hydrogens (tertiary/aromatic N) is 2. The number of unbranched alkanes of at least 4 members (excludes halogenated alkanes) is 4. The summed E-state index contributed by atoms with van der Waals surface area (Å²) < 4.78 is 10.6. The molecular weight excluding hydrogens is 512 g/mol. The van der Waals surface area contributed by atoms with Crippen LogP contribution in [0, 0.1) is 0 Å². The molecule has 0 saturated heterocycles. The van der Waals surface area contributed by atoms with Gasteiger partial charge in [-0.15, -0.1) is 0 Å². The van der Waals surface area contributed by atoms with Gasteiger partial charge in [-0.3, -0.25) is 38.6 Å². The second kappa shape index (κ2) is 18.0. The van der Waals surface area contributed by atoms with E-state index in [1.165, 1.54) is 29.2 Å². The molecule has 39 heavy (non-hydrogen) atoms. The number of aliphatic hydroxyl groups excluding tert-OH is 1. The Morgan fingerprint density at radius 1 is 0.692 bits per heavy atom. The second-order valence-electron chi connectivity index (χ2n) is 9.06. The molecule has 0 radical (unpaired) electrons. The van der Waals surface area contributed by atoms with E-state index in [2.05, 4.69) is 10.6 Å². The Morgan fingerprint density at radius 2 is 1.18 bits per heavy atom. The summed E-state index contributed by atoms with van der Waals surface area (Å²) in [6.45, 7) is 1.72. The van der Waals surface area contributed by atoms with Crippen molar-refractivity contribution in [3.63, 3.8) is 0 Å². The number of amides is 6. The van der Waals surface area contributed by atoms with Crippen LogP contribution >= 0.6 is 0 Å². The van der Waals surface area contributed by atoms with Crippen molar-refractivity contribution in [3.8, 4) is 0 Å². The SMILES string of the molecule is O=C(CCCCCN1C(=O)C=CC1=O)NCCOCCOCC(O)NC(=O)CCCCCN1C(=O)C=CC1=O. The summed E-state index contributed by atoms with van der Waals surface area (Å²) in [5.41, 5.74) is 0. The Bertz CT molecular complexity index is 898. The van der Waals surface area contributed by atoms with Crippen molar-refractivity contribution in [1.82, 2.24) is 20.4 Å². The normalized spacial score (nSPS) is 15.5. The van der Waals surface area contributed by atoms with Crippen LogP contribution in [-0.2, 0) is 38.2 Å². The topological polar surface area (TPSA) is 172 Å². The van der Waals surface area contributed by atoms with Crippen molar-refractivity contribution in [2.24, 2.45) is 0 Å². The minimum atomic E-state index is -1.14. The molecule has 0 aromatic carbocycles. The third-order valence-electron chi connectivity index (χ3n) is 5.92. The number of carbonyl (C=O) groups excluding carboxylic acids is 6. The van der Waals surface area contributed by atoms with Crippen LogP contribution in [0.5, 0.6) is 0 Å². The zero-order chi connectivity index (χ0) is 28.5. The van der Waals surface area contributed by atoms with Gasteiger partial charge in [-0.2, -0.15) is 0 Å². The zero-order valence-electron chi connectivity index (χ0n) is 22.1. The molecule has 2 heterocycles. The van der Waals surface area contributed by atoms with E-state index in [4.69, 9.17) is 9.47 Å². The molecule has 13 heteroatoms. The molecule has 0 aromatic heterocycles. The maximum absolute atomic E-state index is 11.9. The quantitative estimate of drug-likeness (QED) is 0.0971. The van der Waals surface area contributed by atoms with Crippen molar-refractivity contribution >= 4 is 35.4 Å². The molecule has 1 unspecified atom stereocenters. The number of ether oxygens (including phenoxy) is 2. The van der Waals surface area contributed by atoms with Crippen molar-refractivity contribution in [3.05, 3.63) is 24.3 Å². The number of imide groups is 2. The largest absolute Gasteiger partial charge is 0.377 e. The molecule has 1 atom stereocenters. The van der Waals surface area contributed by atoms with E-state index in [9.17, 15) is 33.9 Å². The van der Waals surface area contributed by atoms with Crippen LogP contribution in [0.25, 0.3) is 0 Å². The van der Waals surface area contributed by atoms with E-state index in [1.807, 2.05) is 0 Å². The van der Waals surface area contributed by atoms with Gasteiger partial charge in [0.1, 0.15) is 6.23 Å². The molecule has 2 rings (SSSR count). The van der Waals surface area contributed by atoms with Crippen molar-refractivity contribution in [2.45, 2.75) is 57.6 Å². The van der Waals surface area contributed by atoms with Crippen molar-refractivity contribution in [2.75, 3.05) is 46.1 Å². The summed E-state index contributed by atoms with van der Waals surface area (Å²) in [5, 5.41) is 15.0. The number of rotatable bonds is 21. The molecule has 0 saturated carbocycles. The third-order valence-corrected chi connectivity index (χ3v) is 5.92. The molecule has 13 nitrogen and oxygen atoms in total. The fourth-order valence-electron chi connectivity index (χ4n) is 3.83. The summed E-state index contributed by atoms with van der Waals surface area (Å²) in [6, 6.07) is 0. The van der Waals surface area contributed by atoms with Crippen LogP contribution in [0.2, 0.25) is 0 Å². The number of carbonyl (C=O) groups is 6. The predicted octanol–water partition coefficient (Wildman–Crippen LogP) is -0.459. The lowest BCUT2D eigenvalue weighted by atomic mass is 10.2. The number of hydrogen-bond acceptors (Lipinski definition) is 9. The number of hydrogen-bond donors (Lipinski definition) is 3. The minimum Gasteiger partial charge on any atom is -0.377 e. The molecular formula is C26H38N4O9. The Hall–Kier alpha value is -3.42. The van der Waals surface area contributed by atoms with Gasteiger partial charge in [0.25, 0.3) is 23.6 Å². The van der Waals surface area contributed by atoms with Gasteiger partial charge in [0.2, 0.25) is 11.8 Å². The third kappa shape index (κ3) is 12.8. The predicted molar refractivity (Wildman–Crippen MR) is 137 cm³/mol. The van der Waals surface area contributed by atoms with Crippen LogP contribution < -0.4 is 10.6 Å². The van der Waals surface area contributed by atoms with Gasteiger partial charge in [0.15, 0.2) is 0 Å². The summed E-state index contributed by atoms with van der Waals surface area (Å²) in [5.74, 6) is -1.64. The second-order valence-corrected chi connectivity index (χ2v) is 9.06. The van der Waals surface area contributed by atoms with Crippen LogP contribution in [-0.4, -0.2) is 103 Å². The van der Waals surface area contributed by atoms with Gasteiger partial charge in [0, 0.05) is 56.8 Å². The van der Waals surface area contributed by atoms with E-state index >= 15 is 0 Å². The number of aliphatic hydroxyl groups is 1. The average molecular weight is 551 g/mol. The lowest BCUT2D eigenvalue weighted by molar-refractivity contribution is -0.138. The van der Waals surface area contributed by atoms with E-state index in [-0.39, 0.29) is 61.7 Å². The highest BCUT2D eigenvalue weighted by Gasteiger charge is 2.23. The van der Waals surface area contributed by atoms with Gasteiger partial charge in [-0.05, 0) is 25.7 Å². The molecule has 2 aliphatic rings. The Morgan fingerprint density at radius 3 is 1.72 bits per heavy atom.